The van der Waals surface area contributed by atoms with Crippen LogP contribution in [0.3, 0.4) is 0 Å². The summed E-state index contributed by atoms with van der Waals surface area (Å²) in [4.78, 5) is 24.5. The first-order chi connectivity index (χ1) is 13.7. The molecule has 4 rings (SSSR count). The molecular weight excluding hydrogens is 358 g/mol. The van der Waals surface area contributed by atoms with Crippen LogP contribution in [0, 0.1) is 0 Å². The first kappa shape index (κ1) is 18.1. The van der Waals surface area contributed by atoms with Gasteiger partial charge < -0.3 is 10.1 Å². The molecule has 8 heteroatoms. The molecule has 1 saturated heterocycles. The number of aromatic amines is 1. The molecule has 1 aromatic heterocycles. The van der Waals surface area contributed by atoms with Crippen LogP contribution in [0.1, 0.15) is 23.7 Å². The predicted octanol–water partition coefficient (Wildman–Crippen LogP) is 1.16. The molecule has 4 N–H and O–H groups in total. The second kappa shape index (κ2) is 7.79. The minimum Gasteiger partial charge on any atom is -0.496 e. The van der Waals surface area contributed by atoms with Crippen LogP contribution < -0.4 is 26.5 Å². The number of amides is 1. The molecule has 144 valence electrons. The lowest BCUT2D eigenvalue weighted by molar-refractivity contribution is -0.123. The van der Waals surface area contributed by atoms with E-state index in [4.69, 9.17) is 4.74 Å². The smallest absolute Gasteiger partial charge is 0.272 e. The van der Waals surface area contributed by atoms with E-state index in [0.717, 1.165) is 16.7 Å². The van der Waals surface area contributed by atoms with Gasteiger partial charge in [0.15, 0.2) is 0 Å². The second-order valence-electron chi connectivity index (χ2n) is 6.63. The van der Waals surface area contributed by atoms with E-state index in [2.05, 4.69) is 26.4 Å². The highest BCUT2D eigenvalue weighted by Gasteiger charge is 2.31. The topological polar surface area (TPSA) is 108 Å². The Morgan fingerprint density at radius 3 is 2.71 bits per heavy atom. The zero-order valence-electron chi connectivity index (χ0n) is 15.4. The molecule has 3 aromatic rings. The summed E-state index contributed by atoms with van der Waals surface area (Å²) in [6, 6.07) is 14.5. The van der Waals surface area contributed by atoms with Gasteiger partial charge in [-0.1, -0.05) is 36.4 Å². The summed E-state index contributed by atoms with van der Waals surface area (Å²) in [7, 11) is 1.63. The SMILES string of the molecule is COc1ccccc1C1CC(C(=O)NCc2n[nH]c(=O)c3ccccc23)NN1. The third kappa shape index (κ3) is 3.47. The molecule has 0 radical (unpaired) electrons. The normalized spacial score (nSPS) is 18.9. The third-order valence-electron chi connectivity index (χ3n) is 4.94. The Bertz CT molecular complexity index is 1060. The quantitative estimate of drug-likeness (QED) is 0.530. The van der Waals surface area contributed by atoms with Gasteiger partial charge in [-0.05, 0) is 18.6 Å². The van der Waals surface area contributed by atoms with Crippen LogP contribution in [0.5, 0.6) is 5.75 Å². The summed E-state index contributed by atoms with van der Waals surface area (Å²) in [5, 5.41) is 10.7. The molecule has 1 amide bonds. The van der Waals surface area contributed by atoms with Crippen LogP contribution in [0.4, 0.5) is 0 Å². The molecule has 1 aliphatic heterocycles. The number of nitrogens with one attached hydrogen (secondary N) is 4. The summed E-state index contributed by atoms with van der Waals surface area (Å²) in [5.74, 6) is 0.647. The van der Waals surface area contributed by atoms with Crippen LogP contribution in [0.15, 0.2) is 53.3 Å². The summed E-state index contributed by atoms with van der Waals surface area (Å²) >= 11 is 0. The molecule has 0 aliphatic carbocycles. The van der Waals surface area contributed by atoms with E-state index in [1.165, 1.54) is 0 Å². The van der Waals surface area contributed by atoms with Gasteiger partial charge in [-0.2, -0.15) is 5.10 Å². The largest absolute Gasteiger partial charge is 0.496 e. The molecule has 2 atom stereocenters. The van der Waals surface area contributed by atoms with Crippen LogP contribution in [-0.4, -0.2) is 29.3 Å². The van der Waals surface area contributed by atoms with Gasteiger partial charge in [-0.25, -0.2) is 16.0 Å². The van der Waals surface area contributed by atoms with E-state index >= 15 is 0 Å². The lowest BCUT2D eigenvalue weighted by Gasteiger charge is -2.14. The molecule has 0 saturated carbocycles. The number of rotatable bonds is 5. The number of hydrogen-bond donors (Lipinski definition) is 4. The number of aromatic nitrogens is 2. The number of hydrazine groups is 1. The van der Waals surface area contributed by atoms with E-state index in [9.17, 15) is 9.59 Å². The van der Waals surface area contributed by atoms with Gasteiger partial charge in [0.05, 0.1) is 30.8 Å². The number of para-hydroxylation sites is 1. The Kier molecular flexibility index (Phi) is 5.05. The van der Waals surface area contributed by atoms with Crippen molar-refractivity contribution in [2.75, 3.05) is 7.11 Å². The molecule has 28 heavy (non-hydrogen) atoms. The van der Waals surface area contributed by atoms with Crippen molar-refractivity contribution in [3.05, 3.63) is 70.1 Å². The van der Waals surface area contributed by atoms with Gasteiger partial charge in [0.1, 0.15) is 11.8 Å². The number of fused-ring (bicyclic) bond motifs is 1. The van der Waals surface area contributed by atoms with Crippen LogP contribution in [-0.2, 0) is 11.3 Å². The van der Waals surface area contributed by atoms with Crippen molar-refractivity contribution in [2.24, 2.45) is 0 Å². The summed E-state index contributed by atoms with van der Waals surface area (Å²) in [6.07, 6.45) is 0.589. The Balaban J connectivity index is 1.43. The standard InChI is InChI=1S/C20H21N5O3/c1-28-18-9-5-4-8-14(18)15-10-16(23-22-15)20(27)21-11-17-12-6-2-3-7-13(12)19(26)25-24-17/h2-9,15-16,22-23H,10-11H2,1H3,(H,21,27)(H,25,26). The zero-order chi connectivity index (χ0) is 19.5. The minimum atomic E-state index is -0.385. The van der Waals surface area contributed by atoms with Gasteiger partial charge in [0.2, 0.25) is 5.91 Å². The monoisotopic (exact) mass is 379 g/mol. The summed E-state index contributed by atoms with van der Waals surface area (Å²) < 4.78 is 5.40. The van der Waals surface area contributed by atoms with Crippen LogP contribution in [0.2, 0.25) is 0 Å². The lowest BCUT2D eigenvalue weighted by atomic mass is 10.0. The maximum absolute atomic E-state index is 12.6. The van der Waals surface area contributed by atoms with Crippen molar-refractivity contribution in [1.82, 2.24) is 26.4 Å². The molecule has 8 nitrogen and oxygen atoms in total. The Morgan fingerprint density at radius 2 is 1.89 bits per heavy atom. The molecule has 2 heterocycles. The average Bonchev–Trinajstić information content (AvgIpc) is 3.23. The Hall–Kier alpha value is -3.23. The van der Waals surface area contributed by atoms with Crippen LogP contribution in [0.25, 0.3) is 10.8 Å². The number of carbonyl (C=O) groups is 1. The first-order valence-electron chi connectivity index (χ1n) is 9.05. The van der Waals surface area contributed by atoms with Crippen molar-refractivity contribution >= 4 is 16.7 Å². The van der Waals surface area contributed by atoms with Crippen LogP contribution >= 0.6 is 0 Å². The number of benzene rings is 2. The second-order valence-corrected chi connectivity index (χ2v) is 6.63. The minimum absolute atomic E-state index is 0.0288. The molecule has 0 bridgehead atoms. The maximum Gasteiger partial charge on any atom is 0.272 e. The highest BCUT2D eigenvalue weighted by atomic mass is 16.5. The lowest BCUT2D eigenvalue weighted by Crippen LogP contribution is -2.43. The molecule has 0 spiro atoms. The highest BCUT2D eigenvalue weighted by Crippen LogP contribution is 2.29. The highest BCUT2D eigenvalue weighted by molar-refractivity contribution is 5.85. The van der Waals surface area contributed by atoms with Gasteiger partial charge in [0, 0.05) is 10.9 Å². The van der Waals surface area contributed by atoms with Gasteiger partial charge in [0.25, 0.3) is 5.56 Å². The summed E-state index contributed by atoms with van der Waals surface area (Å²) in [5.41, 5.74) is 7.58. The molecular formula is C20H21N5O3. The number of carbonyl (C=O) groups excluding carboxylic acids is 1. The van der Waals surface area contributed by atoms with Crippen molar-refractivity contribution in [2.45, 2.75) is 25.0 Å². The van der Waals surface area contributed by atoms with E-state index in [0.29, 0.717) is 17.5 Å². The van der Waals surface area contributed by atoms with E-state index in [-0.39, 0.29) is 30.1 Å². The number of nitrogens with zero attached hydrogens (tertiary/aromatic N) is 1. The predicted molar refractivity (Wildman–Crippen MR) is 105 cm³/mol. The van der Waals surface area contributed by atoms with Crippen molar-refractivity contribution in [1.29, 1.82) is 0 Å². The number of hydrogen-bond acceptors (Lipinski definition) is 6. The number of methoxy groups -OCH3 is 1. The van der Waals surface area contributed by atoms with Gasteiger partial charge in [-0.3, -0.25) is 9.59 Å². The summed E-state index contributed by atoms with van der Waals surface area (Å²) in [6.45, 7) is 0.230. The van der Waals surface area contributed by atoms with Crippen molar-refractivity contribution < 1.29 is 9.53 Å². The van der Waals surface area contributed by atoms with E-state index < -0.39 is 0 Å². The van der Waals surface area contributed by atoms with E-state index in [1.54, 1.807) is 19.2 Å². The molecule has 1 aliphatic rings. The average molecular weight is 379 g/mol. The molecule has 1 fully saturated rings. The van der Waals surface area contributed by atoms with Gasteiger partial charge in [-0.15, -0.1) is 0 Å². The number of H-pyrrole nitrogens is 1. The number of ether oxygens (including phenoxy) is 1. The Labute approximate surface area is 161 Å². The fourth-order valence-corrected chi connectivity index (χ4v) is 3.49. The molecule has 2 unspecified atom stereocenters. The fraction of sp³-hybridized carbons (Fsp3) is 0.250. The molecule has 2 aromatic carbocycles. The van der Waals surface area contributed by atoms with E-state index in [1.807, 2.05) is 36.4 Å². The van der Waals surface area contributed by atoms with Crippen molar-refractivity contribution in [3.8, 4) is 5.75 Å². The maximum atomic E-state index is 12.6. The first-order valence-corrected chi connectivity index (χ1v) is 9.05. The zero-order valence-corrected chi connectivity index (χ0v) is 15.4. The fourth-order valence-electron chi connectivity index (χ4n) is 3.49. The Morgan fingerprint density at radius 1 is 1.14 bits per heavy atom. The van der Waals surface area contributed by atoms with Crippen molar-refractivity contribution in [3.63, 3.8) is 0 Å². The third-order valence-corrected chi connectivity index (χ3v) is 4.94. The van der Waals surface area contributed by atoms with Gasteiger partial charge >= 0.3 is 0 Å².